The van der Waals surface area contributed by atoms with Gasteiger partial charge in [-0.05, 0) is 45.8 Å². The highest BCUT2D eigenvalue weighted by Gasteiger charge is 2.13. The zero-order valence-corrected chi connectivity index (χ0v) is 16.9. The molecule has 0 aliphatic heterocycles. The van der Waals surface area contributed by atoms with Crippen molar-refractivity contribution in [3.05, 3.63) is 63.3 Å². The minimum atomic E-state index is -0.526. The van der Waals surface area contributed by atoms with E-state index in [1.807, 2.05) is 18.2 Å². The van der Waals surface area contributed by atoms with Crippen LogP contribution in [0.25, 0.3) is 11.0 Å². The number of carbonyl (C=O) groups excluding carboxylic acids is 2. The van der Waals surface area contributed by atoms with Crippen LogP contribution in [0.3, 0.4) is 0 Å². The van der Waals surface area contributed by atoms with E-state index < -0.39 is 11.9 Å². The van der Waals surface area contributed by atoms with Crippen LogP contribution in [0.2, 0.25) is 5.02 Å². The van der Waals surface area contributed by atoms with Gasteiger partial charge in [0.2, 0.25) is 0 Å². The van der Waals surface area contributed by atoms with Crippen LogP contribution in [0.15, 0.2) is 56.5 Å². The first-order valence-electron chi connectivity index (χ1n) is 7.98. The first-order valence-corrected chi connectivity index (χ1v) is 9.15. The van der Waals surface area contributed by atoms with Crippen molar-refractivity contribution in [1.82, 2.24) is 5.43 Å². The zero-order chi connectivity index (χ0) is 20.1. The van der Waals surface area contributed by atoms with Gasteiger partial charge in [0.1, 0.15) is 5.58 Å². The Morgan fingerprint density at radius 1 is 1.29 bits per heavy atom. The molecule has 1 heterocycles. The zero-order valence-electron chi connectivity index (χ0n) is 14.6. The third kappa shape index (κ3) is 4.71. The van der Waals surface area contributed by atoms with Crippen LogP contribution >= 0.6 is 27.5 Å². The monoisotopic (exact) mass is 464 g/mol. The summed E-state index contributed by atoms with van der Waals surface area (Å²) in [5, 5.41) is 5.00. The molecule has 1 N–H and O–H groups in total. The Hall–Kier alpha value is -2.84. The molecule has 144 valence electrons. The topological polar surface area (TPSA) is 90.1 Å². The Kier molecular flexibility index (Phi) is 6.33. The number of fused-ring (bicyclic) bond motifs is 1. The van der Waals surface area contributed by atoms with Gasteiger partial charge in [-0.15, -0.1) is 0 Å². The molecule has 0 atom stereocenters. The highest BCUT2D eigenvalue weighted by Crippen LogP contribution is 2.34. The molecule has 3 rings (SSSR count). The standard InChI is InChI=1S/C19H14BrClN2O5/c1-26-17(24)10-27-18-13(20)6-11(7-14(18)21)9-22-23-19(25)16-8-12-4-2-3-5-15(12)28-16/h2-9H,10H2,1H3,(H,23,25)/b22-9+. The molecule has 0 spiro atoms. The number of rotatable bonds is 6. The number of nitrogens with one attached hydrogen (secondary N) is 1. The van der Waals surface area contributed by atoms with E-state index in [4.69, 9.17) is 20.8 Å². The summed E-state index contributed by atoms with van der Waals surface area (Å²) < 4.78 is 15.8. The predicted octanol–water partition coefficient (Wildman–Crippen LogP) is 4.16. The fourth-order valence-corrected chi connectivity index (χ4v) is 3.29. The van der Waals surface area contributed by atoms with E-state index in [2.05, 4.69) is 31.2 Å². The molecule has 0 aliphatic carbocycles. The second kappa shape index (κ2) is 8.90. The molecule has 2 aromatic carbocycles. The van der Waals surface area contributed by atoms with E-state index in [1.165, 1.54) is 13.3 Å². The number of halogens is 2. The van der Waals surface area contributed by atoms with Crippen molar-refractivity contribution in [3.63, 3.8) is 0 Å². The SMILES string of the molecule is COC(=O)COc1c(Cl)cc(/C=N/NC(=O)c2cc3ccccc3o2)cc1Br. The number of ether oxygens (including phenoxy) is 2. The van der Waals surface area contributed by atoms with E-state index >= 15 is 0 Å². The molecule has 7 nitrogen and oxygen atoms in total. The third-order valence-corrected chi connectivity index (χ3v) is 4.48. The van der Waals surface area contributed by atoms with Crippen LogP contribution < -0.4 is 10.2 Å². The van der Waals surface area contributed by atoms with E-state index in [1.54, 1.807) is 24.3 Å². The van der Waals surface area contributed by atoms with Gasteiger partial charge in [-0.1, -0.05) is 29.8 Å². The van der Waals surface area contributed by atoms with Gasteiger partial charge in [0.15, 0.2) is 18.1 Å². The number of para-hydroxylation sites is 1. The normalized spacial score (nSPS) is 11.0. The maximum absolute atomic E-state index is 12.2. The summed E-state index contributed by atoms with van der Waals surface area (Å²) in [5.41, 5.74) is 3.62. The summed E-state index contributed by atoms with van der Waals surface area (Å²) >= 11 is 9.49. The van der Waals surface area contributed by atoms with Crippen LogP contribution in [0.1, 0.15) is 16.1 Å². The number of benzene rings is 2. The Balaban J connectivity index is 1.66. The van der Waals surface area contributed by atoms with Gasteiger partial charge >= 0.3 is 11.9 Å². The molecular formula is C19H14BrClN2O5. The Morgan fingerprint density at radius 2 is 2.07 bits per heavy atom. The molecule has 3 aromatic rings. The molecule has 0 unspecified atom stereocenters. The van der Waals surface area contributed by atoms with E-state index in [0.29, 0.717) is 21.4 Å². The van der Waals surface area contributed by atoms with Gasteiger partial charge in [0, 0.05) is 5.39 Å². The smallest absolute Gasteiger partial charge is 0.343 e. The lowest BCUT2D eigenvalue weighted by Crippen LogP contribution is -2.16. The lowest BCUT2D eigenvalue weighted by Gasteiger charge is -2.09. The Bertz CT molecular complexity index is 1010. The number of carbonyl (C=O) groups is 2. The molecule has 0 aliphatic rings. The Labute approximate surface area is 173 Å². The highest BCUT2D eigenvalue weighted by atomic mass is 79.9. The van der Waals surface area contributed by atoms with Crippen LogP contribution in [0.4, 0.5) is 0 Å². The van der Waals surface area contributed by atoms with Gasteiger partial charge in [-0.25, -0.2) is 10.2 Å². The van der Waals surface area contributed by atoms with E-state index in [0.717, 1.165) is 5.39 Å². The second-order valence-electron chi connectivity index (χ2n) is 5.53. The Morgan fingerprint density at radius 3 is 2.79 bits per heavy atom. The molecule has 0 bridgehead atoms. The largest absolute Gasteiger partial charge is 0.479 e. The molecule has 28 heavy (non-hydrogen) atoms. The molecule has 1 amide bonds. The van der Waals surface area contributed by atoms with E-state index in [9.17, 15) is 9.59 Å². The first kappa shape index (κ1) is 19.9. The number of furan rings is 1. The van der Waals surface area contributed by atoms with Crippen molar-refractivity contribution in [1.29, 1.82) is 0 Å². The number of methoxy groups -OCH3 is 1. The van der Waals surface area contributed by atoms with Gasteiger partial charge < -0.3 is 13.9 Å². The summed E-state index contributed by atoms with van der Waals surface area (Å²) in [6.45, 7) is -0.268. The number of hydrazone groups is 1. The number of esters is 1. The molecular weight excluding hydrogens is 452 g/mol. The summed E-state index contributed by atoms with van der Waals surface area (Å²) in [4.78, 5) is 23.3. The van der Waals surface area contributed by atoms with Gasteiger partial charge in [0.05, 0.1) is 22.8 Å². The van der Waals surface area contributed by atoms with Crippen LogP contribution in [0.5, 0.6) is 5.75 Å². The third-order valence-electron chi connectivity index (χ3n) is 3.61. The van der Waals surface area contributed by atoms with Crippen molar-refractivity contribution in [3.8, 4) is 5.75 Å². The predicted molar refractivity (Wildman–Crippen MR) is 108 cm³/mol. The summed E-state index contributed by atoms with van der Waals surface area (Å²) in [6.07, 6.45) is 1.42. The maximum atomic E-state index is 12.2. The maximum Gasteiger partial charge on any atom is 0.343 e. The number of nitrogens with zero attached hydrogens (tertiary/aromatic N) is 1. The van der Waals surface area contributed by atoms with Crippen molar-refractivity contribution in [2.45, 2.75) is 0 Å². The number of amides is 1. The van der Waals surface area contributed by atoms with Gasteiger partial charge in [0.25, 0.3) is 0 Å². The molecule has 0 saturated heterocycles. The van der Waals surface area contributed by atoms with Crippen molar-refractivity contribution in [2.24, 2.45) is 5.10 Å². The first-order chi connectivity index (χ1) is 13.5. The lowest BCUT2D eigenvalue weighted by molar-refractivity contribution is -0.142. The lowest BCUT2D eigenvalue weighted by atomic mass is 10.2. The molecule has 0 radical (unpaired) electrons. The minimum Gasteiger partial charge on any atom is -0.479 e. The van der Waals surface area contributed by atoms with Crippen LogP contribution in [-0.4, -0.2) is 31.8 Å². The van der Waals surface area contributed by atoms with Crippen molar-refractivity contribution >= 4 is 56.6 Å². The van der Waals surface area contributed by atoms with E-state index in [-0.39, 0.29) is 17.4 Å². The van der Waals surface area contributed by atoms with Crippen molar-refractivity contribution in [2.75, 3.05) is 13.7 Å². The molecule has 0 fully saturated rings. The molecule has 9 heteroatoms. The summed E-state index contributed by atoms with van der Waals surface area (Å²) in [5.74, 6) is -0.544. The summed E-state index contributed by atoms with van der Waals surface area (Å²) in [6, 6.07) is 12.2. The average Bonchev–Trinajstić information content (AvgIpc) is 3.11. The van der Waals surface area contributed by atoms with Gasteiger partial charge in [-0.3, -0.25) is 4.79 Å². The second-order valence-corrected chi connectivity index (χ2v) is 6.79. The minimum absolute atomic E-state index is 0.157. The molecule has 0 saturated carbocycles. The molecule has 1 aromatic heterocycles. The quantitative estimate of drug-likeness (QED) is 0.335. The van der Waals surface area contributed by atoms with Crippen molar-refractivity contribution < 1.29 is 23.5 Å². The van der Waals surface area contributed by atoms with Crippen LogP contribution in [0, 0.1) is 0 Å². The number of hydrogen-bond acceptors (Lipinski definition) is 6. The van der Waals surface area contributed by atoms with Gasteiger partial charge in [-0.2, -0.15) is 5.10 Å². The highest BCUT2D eigenvalue weighted by molar-refractivity contribution is 9.10. The summed E-state index contributed by atoms with van der Waals surface area (Å²) in [7, 11) is 1.27. The fraction of sp³-hybridized carbons (Fsp3) is 0.105. The average molecular weight is 466 g/mol. The number of hydrogen-bond donors (Lipinski definition) is 1. The fourth-order valence-electron chi connectivity index (χ4n) is 2.30. The van der Waals surface area contributed by atoms with Crippen LogP contribution in [-0.2, 0) is 9.53 Å².